The van der Waals surface area contributed by atoms with E-state index in [1.165, 1.54) is 12.1 Å². The SMILES string of the molecule is Cc1oc(-c2ccc(F)cc2F)cc1C=O. The van der Waals surface area contributed by atoms with Crippen LogP contribution < -0.4 is 0 Å². The Labute approximate surface area is 90.5 Å². The number of furan rings is 1. The Hall–Kier alpha value is -1.97. The molecule has 1 aromatic heterocycles. The second-order valence-electron chi connectivity index (χ2n) is 3.36. The summed E-state index contributed by atoms with van der Waals surface area (Å²) in [5.74, 6) is -0.739. The molecule has 0 unspecified atom stereocenters. The molecular formula is C12H8F2O2. The van der Waals surface area contributed by atoms with Crippen molar-refractivity contribution in [2.24, 2.45) is 0 Å². The molecule has 0 aliphatic rings. The molecule has 0 amide bonds. The minimum atomic E-state index is -0.716. The number of hydrogen-bond acceptors (Lipinski definition) is 2. The lowest BCUT2D eigenvalue weighted by molar-refractivity contribution is 0.112. The lowest BCUT2D eigenvalue weighted by Gasteiger charge is -1.98. The molecular weight excluding hydrogens is 214 g/mol. The van der Waals surface area contributed by atoms with Crippen LogP contribution >= 0.6 is 0 Å². The number of carbonyl (C=O) groups is 1. The number of rotatable bonds is 2. The number of hydrogen-bond donors (Lipinski definition) is 0. The van der Waals surface area contributed by atoms with Crippen LogP contribution in [0.2, 0.25) is 0 Å². The molecule has 2 rings (SSSR count). The molecule has 0 aliphatic heterocycles. The summed E-state index contributed by atoms with van der Waals surface area (Å²) in [5, 5.41) is 0. The Balaban J connectivity index is 2.54. The molecule has 0 N–H and O–H groups in total. The fourth-order valence-electron chi connectivity index (χ4n) is 1.44. The molecule has 0 fully saturated rings. The van der Waals surface area contributed by atoms with Crippen LogP contribution in [0, 0.1) is 18.6 Å². The predicted octanol–water partition coefficient (Wildman–Crippen LogP) is 3.35. The van der Waals surface area contributed by atoms with Crippen molar-refractivity contribution in [1.82, 2.24) is 0 Å². The van der Waals surface area contributed by atoms with Gasteiger partial charge >= 0.3 is 0 Å². The van der Waals surface area contributed by atoms with Gasteiger partial charge in [-0.3, -0.25) is 4.79 Å². The first-order valence-corrected chi connectivity index (χ1v) is 4.63. The van der Waals surface area contributed by atoms with Crippen molar-refractivity contribution in [2.75, 3.05) is 0 Å². The Bertz CT molecular complexity index is 544. The van der Waals surface area contributed by atoms with Gasteiger partial charge in [0.15, 0.2) is 6.29 Å². The average molecular weight is 222 g/mol. The van der Waals surface area contributed by atoms with Crippen LogP contribution in [-0.4, -0.2) is 6.29 Å². The van der Waals surface area contributed by atoms with Gasteiger partial charge in [-0.1, -0.05) is 0 Å². The highest BCUT2D eigenvalue weighted by atomic mass is 19.1. The highest BCUT2D eigenvalue weighted by molar-refractivity contribution is 5.79. The van der Waals surface area contributed by atoms with E-state index in [0.29, 0.717) is 17.6 Å². The van der Waals surface area contributed by atoms with Gasteiger partial charge in [-0.15, -0.1) is 0 Å². The van der Waals surface area contributed by atoms with Crippen molar-refractivity contribution in [3.05, 3.63) is 47.2 Å². The largest absolute Gasteiger partial charge is 0.461 e. The fraction of sp³-hybridized carbons (Fsp3) is 0.0833. The topological polar surface area (TPSA) is 30.2 Å². The van der Waals surface area contributed by atoms with Crippen molar-refractivity contribution in [2.45, 2.75) is 6.92 Å². The number of carbonyl (C=O) groups excluding carboxylic acids is 1. The maximum atomic E-state index is 13.4. The highest BCUT2D eigenvalue weighted by Crippen LogP contribution is 2.27. The highest BCUT2D eigenvalue weighted by Gasteiger charge is 2.12. The maximum Gasteiger partial charge on any atom is 0.153 e. The number of benzene rings is 1. The molecule has 16 heavy (non-hydrogen) atoms. The Kier molecular flexibility index (Phi) is 2.56. The lowest BCUT2D eigenvalue weighted by Crippen LogP contribution is -1.84. The van der Waals surface area contributed by atoms with E-state index in [2.05, 4.69) is 0 Å². The standard InChI is InChI=1S/C12H8F2O2/c1-7-8(6-15)4-12(16-7)10-3-2-9(13)5-11(10)14/h2-6H,1H3. The third-order valence-corrected chi connectivity index (χ3v) is 2.28. The Morgan fingerprint density at radius 1 is 1.25 bits per heavy atom. The summed E-state index contributed by atoms with van der Waals surface area (Å²) in [4.78, 5) is 10.6. The van der Waals surface area contributed by atoms with Gasteiger partial charge in [0.2, 0.25) is 0 Å². The average Bonchev–Trinajstić information content (AvgIpc) is 2.59. The summed E-state index contributed by atoms with van der Waals surface area (Å²) in [6.45, 7) is 1.61. The molecule has 0 spiro atoms. The van der Waals surface area contributed by atoms with E-state index in [4.69, 9.17) is 4.42 Å². The third kappa shape index (κ3) is 1.74. The lowest BCUT2D eigenvalue weighted by atomic mass is 10.1. The Morgan fingerprint density at radius 2 is 2.00 bits per heavy atom. The van der Waals surface area contributed by atoms with Crippen LogP contribution in [0.5, 0.6) is 0 Å². The molecule has 0 atom stereocenters. The normalized spacial score (nSPS) is 10.4. The van der Waals surface area contributed by atoms with Gasteiger partial charge in [-0.05, 0) is 25.1 Å². The summed E-state index contributed by atoms with van der Waals surface area (Å²) >= 11 is 0. The Morgan fingerprint density at radius 3 is 2.56 bits per heavy atom. The minimum absolute atomic E-state index is 0.137. The second-order valence-corrected chi connectivity index (χ2v) is 3.36. The molecule has 0 bridgehead atoms. The van der Waals surface area contributed by atoms with Crippen molar-refractivity contribution in [3.63, 3.8) is 0 Å². The van der Waals surface area contributed by atoms with E-state index in [0.717, 1.165) is 12.1 Å². The molecule has 4 heteroatoms. The zero-order valence-electron chi connectivity index (χ0n) is 8.46. The minimum Gasteiger partial charge on any atom is -0.461 e. The van der Waals surface area contributed by atoms with E-state index < -0.39 is 11.6 Å². The number of aldehydes is 1. The van der Waals surface area contributed by atoms with Crippen molar-refractivity contribution < 1.29 is 18.0 Å². The van der Waals surface area contributed by atoms with Gasteiger partial charge < -0.3 is 4.42 Å². The molecule has 2 aromatic rings. The predicted molar refractivity (Wildman–Crippen MR) is 54.2 cm³/mol. The first kappa shape index (κ1) is 10.5. The summed E-state index contributed by atoms with van der Waals surface area (Å²) in [7, 11) is 0. The first-order chi connectivity index (χ1) is 7.61. The molecule has 2 nitrogen and oxygen atoms in total. The van der Waals surface area contributed by atoms with Crippen molar-refractivity contribution in [1.29, 1.82) is 0 Å². The third-order valence-electron chi connectivity index (χ3n) is 2.28. The molecule has 1 aromatic carbocycles. The number of aryl methyl sites for hydroxylation is 1. The van der Waals surface area contributed by atoms with Gasteiger partial charge in [0.05, 0.1) is 11.1 Å². The van der Waals surface area contributed by atoms with Gasteiger partial charge in [0.1, 0.15) is 23.2 Å². The number of halogens is 2. The van der Waals surface area contributed by atoms with Crippen LogP contribution in [0.15, 0.2) is 28.7 Å². The van der Waals surface area contributed by atoms with Gasteiger partial charge in [-0.2, -0.15) is 0 Å². The molecule has 0 aliphatic carbocycles. The monoisotopic (exact) mass is 222 g/mol. The van der Waals surface area contributed by atoms with E-state index in [9.17, 15) is 13.6 Å². The van der Waals surface area contributed by atoms with Crippen LogP contribution in [0.4, 0.5) is 8.78 Å². The van der Waals surface area contributed by atoms with E-state index in [-0.39, 0.29) is 11.3 Å². The smallest absolute Gasteiger partial charge is 0.153 e. The van der Waals surface area contributed by atoms with Crippen LogP contribution in [-0.2, 0) is 0 Å². The molecule has 0 saturated carbocycles. The summed E-state index contributed by atoms with van der Waals surface area (Å²) in [5.41, 5.74) is 0.497. The summed E-state index contributed by atoms with van der Waals surface area (Å²) in [6, 6.07) is 4.61. The molecule has 0 radical (unpaired) electrons. The quantitative estimate of drug-likeness (QED) is 0.729. The van der Waals surface area contributed by atoms with Crippen molar-refractivity contribution in [3.8, 4) is 11.3 Å². The molecule has 1 heterocycles. The molecule has 0 saturated heterocycles. The van der Waals surface area contributed by atoms with Gasteiger partial charge in [0, 0.05) is 6.07 Å². The zero-order valence-corrected chi connectivity index (χ0v) is 8.46. The van der Waals surface area contributed by atoms with Crippen molar-refractivity contribution >= 4 is 6.29 Å². The van der Waals surface area contributed by atoms with E-state index in [1.807, 2.05) is 0 Å². The van der Waals surface area contributed by atoms with E-state index >= 15 is 0 Å². The summed E-state index contributed by atoms with van der Waals surface area (Å²) < 4.78 is 31.3. The second kappa shape index (κ2) is 3.89. The van der Waals surface area contributed by atoms with Crippen LogP contribution in [0.25, 0.3) is 11.3 Å². The summed E-state index contributed by atoms with van der Waals surface area (Å²) in [6.07, 6.45) is 0.629. The van der Waals surface area contributed by atoms with E-state index in [1.54, 1.807) is 6.92 Å². The van der Waals surface area contributed by atoms with Gasteiger partial charge in [0.25, 0.3) is 0 Å². The first-order valence-electron chi connectivity index (χ1n) is 4.63. The van der Waals surface area contributed by atoms with Crippen LogP contribution in [0.3, 0.4) is 0 Å². The van der Waals surface area contributed by atoms with Gasteiger partial charge in [-0.25, -0.2) is 8.78 Å². The maximum absolute atomic E-state index is 13.4. The van der Waals surface area contributed by atoms with Crippen LogP contribution in [0.1, 0.15) is 16.1 Å². The zero-order chi connectivity index (χ0) is 11.7. The molecule has 82 valence electrons. The fourth-order valence-corrected chi connectivity index (χ4v) is 1.44.